The van der Waals surface area contributed by atoms with Gasteiger partial charge in [0.25, 0.3) is 10.0 Å². The van der Waals surface area contributed by atoms with Crippen molar-refractivity contribution >= 4 is 48.6 Å². The second kappa shape index (κ2) is 6.05. The highest BCUT2D eigenvalue weighted by atomic mass is 79.9. The zero-order chi connectivity index (χ0) is 14.0. The normalized spacial score (nSPS) is 13.9. The summed E-state index contributed by atoms with van der Waals surface area (Å²) in [6.45, 7) is 4.02. The van der Waals surface area contributed by atoms with Crippen molar-refractivity contribution in [3.05, 3.63) is 38.3 Å². The van der Waals surface area contributed by atoms with Gasteiger partial charge < -0.3 is 0 Å². The van der Waals surface area contributed by atoms with E-state index >= 15 is 0 Å². The van der Waals surface area contributed by atoms with Crippen LogP contribution in [-0.4, -0.2) is 8.42 Å². The highest BCUT2D eigenvalue weighted by Gasteiger charge is 2.25. The van der Waals surface area contributed by atoms with E-state index in [1.165, 1.54) is 11.3 Å². The summed E-state index contributed by atoms with van der Waals surface area (Å²) in [6, 6.07) is 7.07. The molecule has 1 N–H and O–H groups in total. The first-order valence-corrected chi connectivity index (χ1v) is 9.68. The quantitative estimate of drug-likeness (QED) is 0.843. The Morgan fingerprint density at radius 2 is 2.00 bits per heavy atom. The van der Waals surface area contributed by atoms with E-state index in [9.17, 15) is 8.42 Å². The van der Waals surface area contributed by atoms with E-state index in [0.717, 1.165) is 8.66 Å². The van der Waals surface area contributed by atoms with Crippen LogP contribution < -0.4 is 4.72 Å². The fraction of sp³-hybridized carbons (Fsp3) is 0.333. The predicted octanol–water partition coefficient (Wildman–Crippen LogP) is 4.25. The molecule has 0 aliphatic rings. The Morgan fingerprint density at radius 1 is 1.26 bits per heavy atom. The van der Waals surface area contributed by atoms with E-state index in [1.807, 2.05) is 31.4 Å². The van der Waals surface area contributed by atoms with Gasteiger partial charge in [-0.2, -0.15) is 0 Å². The van der Waals surface area contributed by atoms with E-state index in [2.05, 4.69) is 20.7 Å². The third-order valence-electron chi connectivity index (χ3n) is 2.61. The average molecular weight is 380 g/mol. The summed E-state index contributed by atoms with van der Waals surface area (Å²) in [5, 5.41) is 1.96. The molecule has 0 aliphatic carbocycles. The molecule has 2 aromatic rings. The van der Waals surface area contributed by atoms with Crippen molar-refractivity contribution in [1.82, 2.24) is 4.72 Å². The van der Waals surface area contributed by atoms with E-state index in [4.69, 9.17) is 0 Å². The third-order valence-corrected chi connectivity index (χ3v) is 7.12. The number of nitrogens with one attached hydrogen (secondary N) is 1. The zero-order valence-corrected chi connectivity index (χ0v) is 14.5. The van der Waals surface area contributed by atoms with Crippen molar-refractivity contribution < 1.29 is 8.42 Å². The van der Waals surface area contributed by atoms with Crippen LogP contribution in [0, 0.1) is 5.92 Å². The van der Waals surface area contributed by atoms with Crippen LogP contribution in [0.5, 0.6) is 0 Å². The Hall–Kier alpha value is -0.210. The van der Waals surface area contributed by atoms with Crippen molar-refractivity contribution in [2.24, 2.45) is 5.92 Å². The number of hydrogen-bond donors (Lipinski definition) is 1. The number of sulfonamides is 1. The van der Waals surface area contributed by atoms with Crippen molar-refractivity contribution in [2.75, 3.05) is 0 Å². The highest BCUT2D eigenvalue weighted by molar-refractivity contribution is 9.11. The van der Waals surface area contributed by atoms with Crippen molar-refractivity contribution in [2.45, 2.75) is 24.1 Å². The van der Waals surface area contributed by atoms with Crippen LogP contribution in [0.2, 0.25) is 0 Å². The minimum absolute atomic E-state index is 0.189. The Morgan fingerprint density at radius 3 is 2.47 bits per heavy atom. The smallest absolute Gasteiger partial charge is 0.206 e. The first kappa shape index (κ1) is 15.2. The Bertz CT molecular complexity index is 632. The molecule has 104 valence electrons. The standard InChI is InChI=1S/C12H14BrNO2S3/c1-8(2)12(9-4-3-7-17-9)14-19(15,16)11-6-5-10(13)18-11/h3-8,12,14H,1-2H3. The lowest BCUT2D eigenvalue weighted by Gasteiger charge is -2.20. The first-order chi connectivity index (χ1) is 8.90. The molecule has 2 aromatic heterocycles. The van der Waals surface area contributed by atoms with Gasteiger partial charge in [0.15, 0.2) is 0 Å². The van der Waals surface area contributed by atoms with Gasteiger partial charge in [0.2, 0.25) is 0 Å². The first-order valence-electron chi connectivity index (χ1n) is 5.71. The van der Waals surface area contributed by atoms with Crippen LogP contribution in [0.3, 0.4) is 0 Å². The minimum atomic E-state index is -3.46. The van der Waals surface area contributed by atoms with Crippen molar-refractivity contribution in [1.29, 1.82) is 0 Å². The van der Waals surface area contributed by atoms with Crippen LogP contribution in [0.4, 0.5) is 0 Å². The number of halogens is 1. The van der Waals surface area contributed by atoms with Crippen LogP contribution in [-0.2, 0) is 10.0 Å². The maximum atomic E-state index is 12.3. The molecule has 3 nitrogen and oxygen atoms in total. The van der Waals surface area contributed by atoms with Crippen LogP contribution in [0.15, 0.2) is 37.6 Å². The van der Waals surface area contributed by atoms with E-state index in [0.29, 0.717) is 4.21 Å². The molecule has 2 rings (SSSR count). The highest BCUT2D eigenvalue weighted by Crippen LogP contribution is 2.30. The van der Waals surface area contributed by atoms with E-state index in [1.54, 1.807) is 23.5 Å². The molecular formula is C12H14BrNO2S3. The van der Waals surface area contributed by atoms with Gasteiger partial charge in [-0.05, 0) is 45.4 Å². The molecule has 1 atom stereocenters. The molecular weight excluding hydrogens is 366 g/mol. The lowest BCUT2D eigenvalue weighted by atomic mass is 10.0. The number of rotatable bonds is 5. The topological polar surface area (TPSA) is 46.2 Å². The average Bonchev–Trinajstić information content (AvgIpc) is 2.96. The molecule has 19 heavy (non-hydrogen) atoms. The summed E-state index contributed by atoms with van der Waals surface area (Å²) in [4.78, 5) is 1.04. The molecule has 1 unspecified atom stereocenters. The number of hydrogen-bond acceptors (Lipinski definition) is 4. The minimum Gasteiger partial charge on any atom is -0.206 e. The van der Waals surface area contributed by atoms with Crippen molar-refractivity contribution in [3.8, 4) is 0 Å². The Labute approximate surface area is 129 Å². The summed E-state index contributed by atoms with van der Waals surface area (Å²) in [5.74, 6) is 0.192. The molecule has 0 fully saturated rings. The van der Waals surface area contributed by atoms with Crippen LogP contribution in [0.25, 0.3) is 0 Å². The molecule has 0 radical (unpaired) electrons. The van der Waals surface area contributed by atoms with Gasteiger partial charge in [0, 0.05) is 4.88 Å². The van der Waals surface area contributed by atoms with Gasteiger partial charge in [0.1, 0.15) is 4.21 Å². The molecule has 0 aliphatic heterocycles. The van der Waals surface area contributed by atoms with Crippen molar-refractivity contribution in [3.63, 3.8) is 0 Å². The van der Waals surface area contributed by atoms with Gasteiger partial charge in [-0.3, -0.25) is 0 Å². The summed E-state index contributed by atoms with van der Waals surface area (Å²) in [5.41, 5.74) is 0. The molecule has 0 aromatic carbocycles. The molecule has 0 bridgehead atoms. The summed E-state index contributed by atoms with van der Waals surface area (Å²) in [6.07, 6.45) is 0. The van der Waals surface area contributed by atoms with Gasteiger partial charge in [-0.1, -0.05) is 19.9 Å². The maximum absolute atomic E-state index is 12.3. The molecule has 0 spiro atoms. The molecule has 2 heterocycles. The zero-order valence-electron chi connectivity index (χ0n) is 10.5. The lowest BCUT2D eigenvalue weighted by molar-refractivity contribution is 0.469. The second-order valence-electron chi connectivity index (χ2n) is 4.42. The van der Waals surface area contributed by atoms with Crippen LogP contribution in [0.1, 0.15) is 24.8 Å². The molecule has 0 saturated carbocycles. The Kier molecular flexibility index (Phi) is 4.84. The summed E-state index contributed by atoms with van der Waals surface area (Å²) < 4.78 is 28.6. The second-order valence-corrected chi connectivity index (χ2v) is 9.80. The largest absolute Gasteiger partial charge is 0.250 e. The SMILES string of the molecule is CC(C)C(NS(=O)(=O)c1ccc(Br)s1)c1cccs1. The van der Waals surface area contributed by atoms with Gasteiger partial charge in [-0.25, -0.2) is 13.1 Å². The fourth-order valence-electron chi connectivity index (χ4n) is 1.66. The van der Waals surface area contributed by atoms with E-state index in [-0.39, 0.29) is 12.0 Å². The third kappa shape index (κ3) is 3.66. The van der Waals surface area contributed by atoms with Gasteiger partial charge in [0.05, 0.1) is 9.83 Å². The predicted molar refractivity (Wildman–Crippen MR) is 84.2 cm³/mol. The lowest BCUT2D eigenvalue weighted by Crippen LogP contribution is -2.30. The Balaban J connectivity index is 2.27. The molecule has 0 amide bonds. The van der Waals surface area contributed by atoms with Crippen LogP contribution >= 0.6 is 38.6 Å². The molecule has 0 saturated heterocycles. The van der Waals surface area contributed by atoms with E-state index < -0.39 is 10.0 Å². The fourth-order valence-corrected chi connectivity index (χ4v) is 6.07. The van der Waals surface area contributed by atoms with Gasteiger partial charge >= 0.3 is 0 Å². The summed E-state index contributed by atoms with van der Waals surface area (Å²) >= 11 is 6.07. The van der Waals surface area contributed by atoms with Gasteiger partial charge in [-0.15, -0.1) is 22.7 Å². The maximum Gasteiger partial charge on any atom is 0.250 e. The number of thiophene rings is 2. The summed E-state index contributed by atoms with van der Waals surface area (Å²) in [7, 11) is -3.46. The molecule has 7 heteroatoms. The monoisotopic (exact) mass is 379 g/mol.